The first-order chi connectivity index (χ1) is 9.24. The van der Waals surface area contributed by atoms with E-state index in [4.69, 9.17) is 0 Å². The molecule has 2 heteroatoms. The van der Waals surface area contributed by atoms with Crippen molar-refractivity contribution in [3.63, 3.8) is 0 Å². The third-order valence-electron chi connectivity index (χ3n) is 4.33. The number of hydrogen-bond donors (Lipinski definition) is 1. The molecular formula is C17H24N2. The van der Waals surface area contributed by atoms with Crippen LogP contribution in [0.5, 0.6) is 0 Å². The molecule has 1 atom stereocenters. The summed E-state index contributed by atoms with van der Waals surface area (Å²) < 4.78 is 0. The monoisotopic (exact) mass is 256 g/mol. The summed E-state index contributed by atoms with van der Waals surface area (Å²) in [5.74, 6) is 0. The molecule has 1 aliphatic carbocycles. The molecule has 0 aliphatic heterocycles. The van der Waals surface area contributed by atoms with Crippen LogP contribution in [0.4, 0.5) is 0 Å². The van der Waals surface area contributed by atoms with Crippen LogP contribution < -0.4 is 5.32 Å². The van der Waals surface area contributed by atoms with Crippen LogP contribution in [0.1, 0.15) is 51.5 Å². The molecule has 2 nitrogen and oxygen atoms in total. The van der Waals surface area contributed by atoms with Gasteiger partial charge in [0, 0.05) is 12.1 Å². The molecule has 0 heterocycles. The van der Waals surface area contributed by atoms with Crippen LogP contribution in [0.15, 0.2) is 30.3 Å². The lowest BCUT2D eigenvalue weighted by Crippen LogP contribution is -2.53. The van der Waals surface area contributed by atoms with E-state index in [1.165, 1.54) is 24.8 Å². The first-order valence-corrected chi connectivity index (χ1v) is 7.47. The van der Waals surface area contributed by atoms with Crippen molar-refractivity contribution in [2.45, 2.75) is 63.5 Å². The predicted molar refractivity (Wildman–Crippen MR) is 78.9 cm³/mol. The van der Waals surface area contributed by atoms with Gasteiger partial charge in [-0.3, -0.25) is 0 Å². The lowest BCUT2D eigenvalue weighted by atomic mass is 9.62. The molecule has 1 unspecified atom stereocenters. The Hall–Kier alpha value is -1.33. The van der Waals surface area contributed by atoms with Gasteiger partial charge in [0.1, 0.15) is 0 Å². The minimum absolute atomic E-state index is 0.247. The second kappa shape index (κ2) is 6.21. The van der Waals surface area contributed by atoms with Gasteiger partial charge in [-0.15, -0.1) is 0 Å². The standard InChI is InChI=1S/C17H24N2/c1-3-8-15(4-2)19-16-11-17(12-16,13-18)14-9-6-5-7-10-14/h5-7,9-10,15-16,19H,3-4,8,11-12H2,1-2H3. The summed E-state index contributed by atoms with van der Waals surface area (Å²) in [7, 11) is 0. The second-order valence-corrected chi connectivity index (χ2v) is 5.73. The third kappa shape index (κ3) is 2.98. The van der Waals surface area contributed by atoms with E-state index in [2.05, 4.69) is 37.4 Å². The Morgan fingerprint density at radius 1 is 1.32 bits per heavy atom. The molecule has 19 heavy (non-hydrogen) atoms. The maximum Gasteiger partial charge on any atom is 0.0852 e. The molecule has 1 saturated carbocycles. The van der Waals surface area contributed by atoms with Crippen LogP contribution in [0.25, 0.3) is 0 Å². The fourth-order valence-electron chi connectivity index (χ4n) is 3.14. The normalized spacial score (nSPS) is 27.3. The van der Waals surface area contributed by atoms with Crippen LogP contribution in [-0.2, 0) is 5.41 Å². The zero-order valence-electron chi connectivity index (χ0n) is 12.0. The summed E-state index contributed by atoms with van der Waals surface area (Å²) in [5, 5.41) is 13.2. The van der Waals surface area contributed by atoms with Gasteiger partial charge in [0.25, 0.3) is 0 Å². The van der Waals surface area contributed by atoms with Gasteiger partial charge in [-0.2, -0.15) is 5.26 Å². The maximum absolute atomic E-state index is 9.52. The minimum atomic E-state index is -0.247. The first-order valence-electron chi connectivity index (χ1n) is 7.47. The van der Waals surface area contributed by atoms with Crippen LogP contribution in [0, 0.1) is 11.3 Å². The van der Waals surface area contributed by atoms with Gasteiger partial charge in [-0.1, -0.05) is 50.6 Å². The van der Waals surface area contributed by atoms with Gasteiger partial charge in [-0.05, 0) is 31.2 Å². The SMILES string of the molecule is CCCC(CC)NC1CC(C#N)(c2ccccc2)C1. The zero-order chi connectivity index (χ0) is 13.7. The van der Waals surface area contributed by atoms with Crippen molar-refractivity contribution in [3.05, 3.63) is 35.9 Å². The number of nitrogens with one attached hydrogen (secondary N) is 1. The van der Waals surface area contributed by atoms with Gasteiger partial charge in [-0.25, -0.2) is 0 Å². The number of nitriles is 1. The van der Waals surface area contributed by atoms with Crippen molar-refractivity contribution in [2.75, 3.05) is 0 Å². The van der Waals surface area contributed by atoms with E-state index < -0.39 is 0 Å². The molecule has 0 saturated heterocycles. The third-order valence-corrected chi connectivity index (χ3v) is 4.33. The van der Waals surface area contributed by atoms with E-state index in [9.17, 15) is 5.26 Å². The fraction of sp³-hybridized carbons (Fsp3) is 0.588. The van der Waals surface area contributed by atoms with E-state index in [0.29, 0.717) is 12.1 Å². The molecule has 0 amide bonds. The number of benzene rings is 1. The summed E-state index contributed by atoms with van der Waals surface area (Å²) in [6.07, 6.45) is 5.54. The molecule has 1 aromatic carbocycles. The maximum atomic E-state index is 9.52. The molecule has 2 rings (SSSR count). The summed E-state index contributed by atoms with van der Waals surface area (Å²) >= 11 is 0. The van der Waals surface area contributed by atoms with Gasteiger partial charge in [0.05, 0.1) is 11.5 Å². The fourth-order valence-corrected chi connectivity index (χ4v) is 3.14. The van der Waals surface area contributed by atoms with Gasteiger partial charge in [0.2, 0.25) is 0 Å². The molecular weight excluding hydrogens is 232 g/mol. The minimum Gasteiger partial charge on any atom is -0.311 e. The molecule has 0 radical (unpaired) electrons. The van der Waals surface area contributed by atoms with Crippen molar-refractivity contribution in [2.24, 2.45) is 0 Å². The molecule has 0 aromatic heterocycles. The van der Waals surface area contributed by atoms with Gasteiger partial charge < -0.3 is 5.32 Å². The highest BCUT2D eigenvalue weighted by Gasteiger charge is 2.46. The zero-order valence-corrected chi connectivity index (χ0v) is 12.0. The Balaban J connectivity index is 1.95. The van der Waals surface area contributed by atoms with Crippen molar-refractivity contribution < 1.29 is 0 Å². The van der Waals surface area contributed by atoms with Crippen LogP contribution in [-0.4, -0.2) is 12.1 Å². The summed E-state index contributed by atoms with van der Waals surface area (Å²) in [6.45, 7) is 4.47. The van der Waals surface area contributed by atoms with E-state index in [0.717, 1.165) is 12.8 Å². The van der Waals surface area contributed by atoms with Crippen LogP contribution >= 0.6 is 0 Å². The average molecular weight is 256 g/mol. The highest BCUT2D eigenvalue weighted by molar-refractivity contribution is 5.36. The van der Waals surface area contributed by atoms with E-state index in [1.54, 1.807) is 0 Å². The van der Waals surface area contributed by atoms with Crippen LogP contribution in [0.2, 0.25) is 0 Å². The van der Waals surface area contributed by atoms with Crippen LogP contribution in [0.3, 0.4) is 0 Å². The molecule has 102 valence electrons. The van der Waals surface area contributed by atoms with Gasteiger partial charge in [0.15, 0.2) is 0 Å². The average Bonchev–Trinajstić information content (AvgIpc) is 2.42. The van der Waals surface area contributed by atoms with Crippen molar-refractivity contribution in [1.29, 1.82) is 5.26 Å². The molecule has 1 N–H and O–H groups in total. The number of hydrogen-bond acceptors (Lipinski definition) is 2. The quantitative estimate of drug-likeness (QED) is 0.840. The summed E-state index contributed by atoms with van der Waals surface area (Å²) in [4.78, 5) is 0. The summed E-state index contributed by atoms with van der Waals surface area (Å²) in [6, 6.07) is 13.9. The Labute approximate surface area is 116 Å². The lowest BCUT2D eigenvalue weighted by molar-refractivity contribution is 0.203. The predicted octanol–water partition coefficient (Wildman–Crippen LogP) is 3.78. The van der Waals surface area contributed by atoms with Crippen molar-refractivity contribution >= 4 is 0 Å². The van der Waals surface area contributed by atoms with E-state index >= 15 is 0 Å². The largest absolute Gasteiger partial charge is 0.311 e. The first kappa shape index (κ1) is 14.1. The molecule has 0 bridgehead atoms. The van der Waals surface area contributed by atoms with Gasteiger partial charge >= 0.3 is 0 Å². The highest BCUT2D eigenvalue weighted by atomic mass is 15.0. The topological polar surface area (TPSA) is 35.8 Å². The summed E-state index contributed by atoms with van der Waals surface area (Å²) in [5.41, 5.74) is 0.933. The number of rotatable bonds is 6. The van der Waals surface area contributed by atoms with E-state index in [-0.39, 0.29) is 5.41 Å². The Morgan fingerprint density at radius 3 is 2.53 bits per heavy atom. The molecule has 1 fully saturated rings. The van der Waals surface area contributed by atoms with Crippen molar-refractivity contribution in [3.8, 4) is 6.07 Å². The van der Waals surface area contributed by atoms with Crippen molar-refractivity contribution in [1.82, 2.24) is 5.32 Å². The molecule has 1 aliphatic rings. The Morgan fingerprint density at radius 2 is 2.00 bits per heavy atom. The Kier molecular flexibility index (Phi) is 4.61. The number of nitrogens with zero attached hydrogens (tertiary/aromatic N) is 1. The smallest absolute Gasteiger partial charge is 0.0852 e. The Bertz CT molecular complexity index is 426. The molecule has 1 aromatic rings. The van der Waals surface area contributed by atoms with E-state index in [1.807, 2.05) is 18.2 Å². The lowest BCUT2D eigenvalue weighted by Gasteiger charge is -2.45. The highest BCUT2D eigenvalue weighted by Crippen LogP contribution is 2.43. The second-order valence-electron chi connectivity index (χ2n) is 5.73. The molecule has 0 spiro atoms.